The van der Waals surface area contributed by atoms with E-state index in [4.69, 9.17) is 17.0 Å². The molecular formula is C19H26N4O2S. The Balaban J connectivity index is 1.78. The fraction of sp³-hybridized carbons (Fsp3) is 0.526. The topological polar surface area (TPSA) is 52.3 Å². The van der Waals surface area contributed by atoms with E-state index < -0.39 is 0 Å². The van der Waals surface area contributed by atoms with E-state index in [2.05, 4.69) is 29.1 Å². The lowest BCUT2D eigenvalue weighted by Crippen LogP contribution is -2.40. The van der Waals surface area contributed by atoms with Crippen molar-refractivity contribution < 1.29 is 9.53 Å². The number of carbonyl (C=O) groups is 1. The number of rotatable bonds is 5. The van der Waals surface area contributed by atoms with Crippen molar-refractivity contribution in [1.82, 2.24) is 19.2 Å². The Kier molecular flexibility index (Phi) is 5.88. The molecule has 2 aromatic rings. The number of aromatic nitrogens is 3. The molecule has 1 atom stereocenters. The number of likely N-dealkylation sites (tertiary alicyclic amines) is 1. The summed E-state index contributed by atoms with van der Waals surface area (Å²) in [7, 11) is 0. The summed E-state index contributed by atoms with van der Waals surface area (Å²) < 4.78 is 9.70. The molecule has 0 aliphatic carbocycles. The van der Waals surface area contributed by atoms with E-state index in [0.29, 0.717) is 24.6 Å². The number of ether oxygens (including phenoxy) is 1. The van der Waals surface area contributed by atoms with Gasteiger partial charge in [0.1, 0.15) is 5.82 Å². The van der Waals surface area contributed by atoms with E-state index in [0.717, 1.165) is 30.9 Å². The van der Waals surface area contributed by atoms with Crippen LogP contribution in [0.5, 0.6) is 0 Å². The molecule has 3 rings (SSSR count). The molecule has 0 radical (unpaired) electrons. The molecule has 0 bridgehead atoms. The number of carbonyl (C=O) groups excluding carboxylic acids is 1. The van der Waals surface area contributed by atoms with Gasteiger partial charge in [0, 0.05) is 12.2 Å². The molecule has 1 aromatic heterocycles. The maximum Gasteiger partial charge on any atom is 0.310 e. The smallest absolute Gasteiger partial charge is 0.310 e. The number of esters is 1. The molecule has 6 nitrogen and oxygen atoms in total. The largest absolute Gasteiger partial charge is 0.466 e. The van der Waals surface area contributed by atoms with E-state index in [1.165, 1.54) is 5.56 Å². The molecular weight excluding hydrogens is 348 g/mol. The summed E-state index contributed by atoms with van der Waals surface area (Å²) in [4.78, 5) is 14.3. The summed E-state index contributed by atoms with van der Waals surface area (Å²) in [5.41, 5.74) is 2.21. The fourth-order valence-corrected chi connectivity index (χ4v) is 3.83. The first-order chi connectivity index (χ1) is 12.5. The van der Waals surface area contributed by atoms with Gasteiger partial charge < -0.3 is 4.74 Å². The standard InChI is InChI=1S/C19H26N4O2S/c1-4-25-18(24)16-8-6-10-21(12-16)13-22-19(26)23(15(3)20-22)17-9-5-7-14(2)11-17/h5,7,9,11,16H,4,6,8,10,12-13H2,1-3H3/t16-/m1/s1. The number of aryl methyl sites for hydroxylation is 2. The Bertz CT molecular complexity index is 842. The second-order valence-electron chi connectivity index (χ2n) is 6.81. The normalized spacial score (nSPS) is 18.0. The van der Waals surface area contributed by atoms with Crippen LogP contribution in [-0.4, -0.2) is 44.9 Å². The molecule has 1 saturated heterocycles. The van der Waals surface area contributed by atoms with Crippen molar-refractivity contribution >= 4 is 18.2 Å². The third-order valence-corrected chi connectivity index (χ3v) is 5.11. The van der Waals surface area contributed by atoms with E-state index >= 15 is 0 Å². The van der Waals surface area contributed by atoms with Crippen LogP contribution in [0.4, 0.5) is 0 Å². The quantitative estimate of drug-likeness (QED) is 0.594. The Morgan fingerprint density at radius 1 is 1.38 bits per heavy atom. The molecule has 0 unspecified atom stereocenters. The molecule has 7 heteroatoms. The van der Waals surface area contributed by atoms with Gasteiger partial charge in [0.25, 0.3) is 0 Å². The zero-order valence-corrected chi connectivity index (χ0v) is 16.5. The first-order valence-electron chi connectivity index (χ1n) is 9.12. The van der Waals surface area contributed by atoms with Gasteiger partial charge in [-0.25, -0.2) is 4.68 Å². The maximum atomic E-state index is 12.0. The summed E-state index contributed by atoms with van der Waals surface area (Å²) in [5.74, 6) is 0.708. The minimum absolute atomic E-state index is 0.0576. The average Bonchev–Trinajstić information content (AvgIpc) is 2.89. The Hall–Kier alpha value is -1.99. The predicted molar refractivity (Wildman–Crippen MR) is 103 cm³/mol. The second-order valence-corrected chi connectivity index (χ2v) is 7.18. The molecule has 0 amide bonds. The highest BCUT2D eigenvalue weighted by Crippen LogP contribution is 2.19. The molecule has 1 aliphatic rings. The van der Waals surface area contributed by atoms with Crippen LogP contribution in [-0.2, 0) is 16.2 Å². The van der Waals surface area contributed by atoms with Crippen LogP contribution in [0.3, 0.4) is 0 Å². The first kappa shape index (κ1) is 18.8. The van der Waals surface area contributed by atoms with Crippen molar-refractivity contribution in [2.75, 3.05) is 19.7 Å². The van der Waals surface area contributed by atoms with Gasteiger partial charge >= 0.3 is 5.97 Å². The molecule has 0 saturated carbocycles. The Morgan fingerprint density at radius 2 is 2.19 bits per heavy atom. The van der Waals surface area contributed by atoms with Gasteiger partial charge in [-0.05, 0) is 70.1 Å². The molecule has 0 spiro atoms. The minimum atomic E-state index is -0.0951. The molecule has 26 heavy (non-hydrogen) atoms. The van der Waals surface area contributed by atoms with E-state index in [1.54, 1.807) is 0 Å². The zero-order valence-electron chi connectivity index (χ0n) is 15.6. The zero-order chi connectivity index (χ0) is 18.7. The minimum Gasteiger partial charge on any atom is -0.466 e. The van der Waals surface area contributed by atoms with E-state index in [-0.39, 0.29) is 11.9 Å². The second kappa shape index (κ2) is 8.14. The third kappa shape index (κ3) is 4.04. The van der Waals surface area contributed by atoms with Crippen molar-refractivity contribution in [1.29, 1.82) is 0 Å². The van der Waals surface area contributed by atoms with Crippen molar-refractivity contribution in [2.45, 2.75) is 40.3 Å². The summed E-state index contributed by atoms with van der Waals surface area (Å²) >= 11 is 5.67. The van der Waals surface area contributed by atoms with Gasteiger partial charge in [-0.3, -0.25) is 14.3 Å². The first-order valence-corrected chi connectivity index (χ1v) is 9.53. The van der Waals surface area contributed by atoms with E-state index in [1.807, 2.05) is 35.2 Å². The van der Waals surface area contributed by atoms with Gasteiger partial charge in [-0.1, -0.05) is 12.1 Å². The summed E-state index contributed by atoms with van der Waals surface area (Å²) in [6.07, 6.45) is 1.87. The molecule has 2 heterocycles. The van der Waals surface area contributed by atoms with Crippen LogP contribution in [0.1, 0.15) is 31.2 Å². The number of hydrogen-bond acceptors (Lipinski definition) is 5. The van der Waals surface area contributed by atoms with Gasteiger partial charge in [0.05, 0.1) is 19.2 Å². The lowest BCUT2D eigenvalue weighted by atomic mass is 9.99. The predicted octanol–water partition coefficient (Wildman–Crippen LogP) is 3.25. The molecule has 1 aromatic carbocycles. The van der Waals surface area contributed by atoms with Crippen LogP contribution in [0.15, 0.2) is 24.3 Å². The third-order valence-electron chi connectivity index (χ3n) is 4.72. The van der Waals surface area contributed by atoms with Crippen LogP contribution >= 0.6 is 12.2 Å². The van der Waals surface area contributed by atoms with Crippen LogP contribution in [0.2, 0.25) is 0 Å². The Morgan fingerprint density at radius 3 is 2.92 bits per heavy atom. The van der Waals surface area contributed by atoms with Crippen molar-refractivity contribution in [3.05, 3.63) is 40.4 Å². The number of hydrogen-bond donors (Lipinski definition) is 0. The highest BCUT2D eigenvalue weighted by molar-refractivity contribution is 7.71. The fourth-order valence-electron chi connectivity index (χ4n) is 3.50. The number of nitrogens with zero attached hydrogens (tertiary/aromatic N) is 4. The van der Waals surface area contributed by atoms with Crippen LogP contribution in [0, 0.1) is 24.5 Å². The highest BCUT2D eigenvalue weighted by atomic mass is 32.1. The number of benzene rings is 1. The molecule has 1 fully saturated rings. The van der Waals surface area contributed by atoms with Gasteiger partial charge in [0.2, 0.25) is 4.77 Å². The lowest BCUT2D eigenvalue weighted by molar-refractivity contribution is -0.150. The van der Waals surface area contributed by atoms with E-state index in [9.17, 15) is 4.79 Å². The Labute approximate surface area is 159 Å². The maximum absolute atomic E-state index is 12.0. The summed E-state index contributed by atoms with van der Waals surface area (Å²) in [6.45, 7) is 8.53. The molecule has 140 valence electrons. The van der Waals surface area contributed by atoms with Crippen molar-refractivity contribution in [3.8, 4) is 5.69 Å². The van der Waals surface area contributed by atoms with Gasteiger partial charge in [-0.15, -0.1) is 0 Å². The highest BCUT2D eigenvalue weighted by Gasteiger charge is 2.27. The van der Waals surface area contributed by atoms with Crippen molar-refractivity contribution in [3.63, 3.8) is 0 Å². The molecule has 1 aliphatic heterocycles. The average molecular weight is 375 g/mol. The van der Waals surface area contributed by atoms with Crippen LogP contribution in [0.25, 0.3) is 5.69 Å². The monoisotopic (exact) mass is 374 g/mol. The van der Waals surface area contributed by atoms with Gasteiger partial charge in [0.15, 0.2) is 0 Å². The lowest BCUT2D eigenvalue weighted by Gasteiger charge is -2.31. The SMILES string of the molecule is CCOC(=O)[C@@H]1CCCN(Cn2nc(C)n(-c3cccc(C)c3)c2=S)C1. The van der Waals surface area contributed by atoms with Crippen LogP contribution < -0.4 is 0 Å². The molecule has 0 N–H and O–H groups in total. The summed E-state index contributed by atoms with van der Waals surface area (Å²) in [5, 5.41) is 4.63. The van der Waals surface area contributed by atoms with Crippen molar-refractivity contribution in [2.24, 2.45) is 5.92 Å². The summed E-state index contributed by atoms with van der Waals surface area (Å²) in [6, 6.07) is 8.24. The van der Waals surface area contributed by atoms with Gasteiger partial charge in [-0.2, -0.15) is 5.10 Å². The number of piperidine rings is 1.